The van der Waals surface area contributed by atoms with Gasteiger partial charge in [0.15, 0.2) is 14.1 Å². The Morgan fingerprint density at radius 3 is 2.58 bits per heavy atom. The van der Waals surface area contributed by atoms with Gasteiger partial charge in [-0.3, -0.25) is 4.68 Å². The molecule has 1 unspecified atom stereocenters. The first-order chi connectivity index (χ1) is 17.7. The summed E-state index contributed by atoms with van der Waals surface area (Å²) in [5, 5.41) is 14.1. The smallest absolute Gasteiger partial charge is 0.407 e. The molecule has 0 aliphatic carbocycles. The molecule has 0 saturated carbocycles. The highest BCUT2D eigenvalue weighted by Crippen LogP contribution is 2.37. The number of amides is 1. The van der Waals surface area contributed by atoms with Crippen LogP contribution in [0.1, 0.15) is 33.3 Å². The zero-order chi connectivity index (χ0) is 28.3. The third kappa shape index (κ3) is 6.92. The largest absolute Gasteiger partial charge is 0.491 e. The summed E-state index contributed by atoms with van der Waals surface area (Å²) in [5.74, 6) is 1.08. The van der Waals surface area contributed by atoms with Crippen LogP contribution >= 0.6 is 11.6 Å². The van der Waals surface area contributed by atoms with Gasteiger partial charge in [-0.2, -0.15) is 5.10 Å². The predicted molar refractivity (Wildman–Crippen MR) is 152 cm³/mol. The van der Waals surface area contributed by atoms with Gasteiger partial charge in [-0.1, -0.05) is 44.5 Å². The summed E-state index contributed by atoms with van der Waals surface area (Å²) < 4.78 is 14.5. The Hall–Kier alpha value is -2.95. The molecule has 2 heterocycles. The molecule has 11 heteroatoms. The van der Waals surface area contributed by atoms with Crippen LogP contribution in [0.3, 0.4) is 0 Å². The number of carboxylic acid groups (broad SMARTS) is 1. The fourth-order valence-electron chi connectivity index (χ4n) is 3.67. The zero-order valence-electron chi connectivity index (χ0n) is 23.4. The van der Waals surface area contributed by atoms with Gasteiger partial charge in [0.2, 0.25) is 0 Å². The lowest BCUT2D eigenvalue weighted by atomic mass is 10.1. The molecule has 1 amide bonds. The number of aryl methyl sites for hydroxylation is 1. The fourth-order valence-corrected chi connectivity index (χ4v) is 5.17. The van der Waals surface area contributed by atoms with E-state index >= 15 is 0 Å². The van der Waals surface area contributed by atoms with E-state index in [1.54, 1.807) is 6.20 Å². The standard InChI is InChI=1S/C27H38ClN5O4Si/c1-9-33-22(13-14-29-33)23-18(2)24(28)31-25(30-23)19-11-10-12-20(15-19)36-17-21(16-32(6)26(34)35)37-38(7,8)27(3,4)5/h10-15,21H,9,16-17H2,1-8H3,(H,34,35). The molecule has 0 saturated heterocycles. The molecule has 0 aliphatic heterocycles. The molecule has 0 aliphatic rings. The van der Waals surface area contributed by atoms with Gasteiger partial charge in [0.1, 0.15) is 17.5 Å². The minimum Gasteiger partial charge on any atom is -0.491 e. The molecule has 1 atom stereocenters. The van der Waals surface area contributed by atoms with E-state index in [2.05, 4.69) is 43.9 Å². The van der Waals surface area contributed by atoms with E-state index in [0.717, 1.165) is 22.5 Å². The molecule has 3 rings (SSSR count). The van der Waals surface area contributed by atoms with Crippen LogP contribution in [0.4, 0.5) is 4.79 Å². The van der Waals surface area contributed by atoms with Crippen LogP contribution < -0.4 is 4.74 Å². The van der Waals surface area contributed by atoms with Crippen LogP contribution in [0.15, 0.2) is 36.5 Å². The SMILES string of the molecule is CCn1nccc1-c1nc(-c2cccc(OCC(CN(C)C(=O)O)O[Si](C)(C)C(C)(C)C)c2)nc(Cl)c1C. The minimum atomic E-state index is -2.17. The summed E-state index contributed by atoms with van der Waals surface area (Å²) in [6.07, 6.45) is 0.308. The van der Waals surface area contributed by atoms with Crippen molar-refractivity contribution >= 4 is 26.0 Å². The van der Waals surface area contributed by atoms with E-state index < -0.39 is 20.5 Å². The van der Waals surface area contributed by atoms with Crippen molar-refractivity contribution in [1.29, 1.82) is 0 Å². The lowest BCUT2D eigenvalue weighted by Gasteiger charge is -2.39. The Bertz CT molecular complexity index is 1270. The molecule has 0 fully saturated rings. The van der Waals surface area contributed by atoms with Crippen molar-refractivity contribution in [2.75, 3.05) is 20.2 Å². The topological polar surface area (TPSA) is 103 Å². The fraction of sp³-hybridized carbons (Fsp3) is 0.481. The van der Waals surface area contributed by atoms with Crippen molar-refractivity contribution in [3.8, 4) is 28.5 Å². The number of nitrogens with zero attached hydrogens (tertiary/aromatic N) is 5. The summed E-state index contributed by atoms with van der Waals surface area (Å²) in [7, 11) is -0.632. The first kappa shape index (κ1) is 29.6. The molecule has 2 aromatic heterocycles. The molecule has 1 aromatic carbocycles. The highest BCUT2D eigenvalue weighted by atomic mass is 35.5. The highest BCUT2D eigenvalue weighted by Gasteiger charge is 2.39. The van der Waals surface area contributed by atoms with E-state index in [1.165, 1.54) is 11.9 Å². The second-order valence-corrected chi connectivity index (χ2v) is 16.0. The van der Waals surface area contributed by atoms with E-state index in [9.17, 15) is 9.90 Å². The van der Waals surface area contributed by atoms with Gasteiger partial charge in [0, 0.05) is 30.9 Å². The molecular formula is C27H38ClN5O4Si. The summed E-state index contributed by atoms with van der Waals surface area (Å²) in [6, 6.07) is 9.37. The number of halogens is 1. The van der Waals surface area contributed by atoms with Crippen molar-refractivity contribution in [2.24, 2.45) is 0 Å². The first-order valence-corrected chi connectivity index (χ1v) is 15.9. The Labute approximate surface area is 230 Å². The van der Waals surface area contributed by atoms with Crippen LogP contribution in [-0.2, 0) is 11.0 Å². The summed E-state index contributed by atoms with van der Waals surface area (Å²) in [6.45, 7) is 15.7. The van der Waals surface area contributed by atoms with Crippen LogP contribution in [0.5, 0.6) is 5.75 Å². The van der Waals surface area contributed by atoms with Gasteiger partial charge < -0.3 is 19.2 Å². The Kier molecular flexibility index (Phi) is 9.22. The summed E-state index contributed by atoms with van der Waals surface area (Å²) in [4.78, 5) is 22.1. The maximum absolute atomic E-state index is 11.5. The predicted octanol–water partition coefficient (Wildman–Crippen LogP) is 6.37. The number of likely N-dealkylation sites (N-methyl/N-ethyl adjacent to an activating group) is 1. The van der Waals surface area contributed by atoms with Crippen LogP contribution in [0, 0.1) is 6.92 Å². The molecule has 1 N–H and O–H groups in total. The van der Waals surface area contributed by atoms with E-state index in [4.69, 9.17) is 25.7 Å². The molecule has 9 nitrogen and oxygen atoms in total. The number of ether oxygens (including phenoxy) is 1. The number of rotatable bonds is 10. The highest BCUT2D eigenvalue weighted by molar-refractivity contribution is 6.74. The monoisotopic (exact) mass is 559 g/mol. The maximum atomic E-state index is 11.5. The van der Waals surface area contributed by atoms with E-state index in [1.807, 2.05) is 48.9 Å². The van der Waals surface area contributed by atoms with E-state index in [-0.39, 0.29) is 18.2 Å². The van der Waals surface area contributed by atoms with Crippen molar-refractivity contribution in [1.82, 2.24) is 24.6 Å². The van der Waals surface area contributed by atoms with Gasteiger partial charge in [0.05, 0.1) is 24.0 Å². The molecule has 0 bridgehead atoms. The lowest BCUT2D eigenvalue weighted by molar-refractivity contribution is 0.0794. The van der Waals surface area contributed by atoms with Crippen LogP contribution in [0.2, 0.25) is 23.3 Å². The van der Waals surface area contributed by atoms with Gasteiger partial charge in [-0.05, 0) is 50.2 Å². The maximum Gasteiger partial charge on any atom is 0.407 e. The second kappa shape index (κ2) is 11.8. The van der Waals surface area contributed by atoms with Crippen molar-refractivity contribution in [3.63, 3.8) is 0 Å². The number of aromatic nitrogens is 4. The van der Waals surface area contributed by atoms with Gasteiger partial charge in [-0.15, -0.1) is 0 Å². The van der Waals surface area contributed by atoms with Gasteiger partial charge in [-0.25, -0.2) is 14.8 Å². The molecule has 38 heavy (non-hydrogen) atoms. The van der Waals surface area contributed by atoms with Gasteiger partial charge in [0.25, 0.3) is 0 Å². The molecule has 0 radical (unpaired) electrons. The Balaban J connectivity index is 1.87. The third-order valence-electron chi connectivity index (χ3n) is 6.94. The Morgan fingerprint density at radius 2 is 1.95 bits per heavy atom. The molecule has 3 aromatic rings. The molecular weight excluding hydrogens is 522 g/mol. The zero-order valence-corrected chi connectivity index (χ0v) is 25.2. The van der Waals surface area contributed by atoms with E-state index in [0.29, 0.717) is 23.3 Å². The van der Waals surface area contributed by atoms with Crippen molar-refractivity contribution in [2.45, 2.75) is 65.4 Å². The molecule has 0 spiro atoms. The quantitative estimate of drug-likeness (QED) is 0.227. The van der Waals surface area contributed by atoms with Crippen LogP contribution in [0.25, 0.3) is 22.8 Å². The average molecular weight is 560 g/mol. The third-order valence-corrected chi connectivity index (χ3v) is 11.8. The first-order valence-electron chi connectivity index (χ1n) is 12.6. The van der Waals surface area contributed by atoms with Crippen molar-refractivity contribution in [3.05, 3.63) is 47.2 Å². The second-order valence-electron chi connectivity index (χ2n) is 10.8. The Morgan fingerprint density at radius 1 is 1.24 bits per heavy atom. The number of hydrogen-bond acceptors (Lipinski definition) is 6. The average Bonchev–Trinajstić information content (AvgIpc) is 3.32. The summed E-state index contributed by atoms with van der Waals surface area (Å²) in [5.41, 5.74) is 3.13. The normalized spacial score (nSPS) is 12.9. The minimum absolute atomic E-state index is 0.0279. The summed E-state index contributed by atoms with van der Waals surface area (Å²) >= 11 is 6.52. The number of benzene rings is 1. The van der Waals surface area contributed by atoms with Crippen LogP contribution in [-0.4, -0.2) is 70.5 Å². The molecule has 206 valence electrons. The number of hydrogen-bond donors (Lipinski definition) is 1. The van der Waals surface area contributed by atoms with Gasteiger partial charge >= 0.3 is 6.09 Å². The lowest BCUT2D eigenvalue weighted by Crippen LogP contribution is -2.49. The number of carbonyl (C=O) groups is 1. The van der Waals surface area contributed by atoms with Crippen molar-refractivity contribution < 1.29 is 19.1 Å².